The fourth-order valence-corrected chi connectivity index (χ4v) is 2.47. The third-order valence-electron chi connectivity index (χ3n) is 3.57. The van der Waals surface area contributed by atoms with Crippen LogP contribution in [0.5, 0.6) is 0 Å². The molecule has 1 aliphatic rings. The summed E-state index contributed by atoms with van der Waals surface area (Å²) < 4.78 is 0. The molecule has 0 amide bonds. The highest BCUT2D eigenvalue weighted by atomic mass is 15.3. The first-order valence-electron chi connectivity index (χ1n) is 7.23. The molecule has 0 bridgehead atoms. The molecule has 3 nitrogen and oxygen atoms in total. The highest BCUT2D eigenvalue weighted by Crippen LogP contribution is 2.08. The van der Waals surface area contributed by atoms with Crippen molar-refractivity contribution in [2.75, 3.05) is 46.3 Å². The topological polar surface area (TPSA) is 18.5 Å². The second kappa shape index (κ2) is 8.06. The van der Waals surface area contributed by atoms with Crippen molar-refractivity contribution in [2.45, 2.75) is 39.7 Å². The summed E-state index contributed by atoms with van der Waals surface area (Å²) in [7, 11) is 2.23. The molecule has 0 radical (unpaired) electrons. The zero-order chi connectivity index (χ0) is 12.7. The first kappa shape index (κ1) is 14.9. The Kier molecular flexibility index (Phi) is 7.09. The Morgan fingerprint density at radius 2 is 2.00 bits per heavy atom. The Balaban J connectivity index is 1.99. The maximum atomic E-state index is 3.51. The second-order valence-electron chi connectivity index (χ2n) is 5.95. The minimum Gasteiger partial charge on any atom is -0.316 e. The molecular weight excluding hydrogens is 210 g/mol. The van der Waals surface area contributed by atoms with Gasteiger partial charge in [-0.3, -0.25) is 4.90 Å². The lowest BCUT2D eigenvalue weighted by Crippen LogP contribution is -2.50. The molecule has 1 atom stereocenters. The van der Waals surface area contributed by atoms with Crippen LogP contribution in [0.15, 0.2) is 0 Å². The molecule has 1 N–H and O–H groups in total. The molecule has 17 heavy (non-hydrogen) atoms. The quantitative estimate of drug-likeness (QED) is 0.684. The van der Waals surface area contributed by atoms with E-state index in [1.807, 2.05) is 0 Å². The lowest BCUT2D eigenvalue weighted by molar-refractivity contribution is 0.0986. The third-order valence-corrected chi connectivity index (χ3v) is 3.57. The van der Waals surface area contributed by atoms with Crippen LogP contribution in [0.1, 0.15) is 33.6 Å². The van der Waals surface area contributed by atoms with Gasteiger partial charge < -0.3 is 10.2 Å². The summed E-state index contributed by atoms with van der Waals surface area (Å²) in [5, 5.41) is 3.51. The van der Waals surface area contributed by atoms with Crippen molar-refractivity contribution >= 4 is 0 Å². The molecule has 3 heteroatoms. The van der Waals surface area contributed by atoms with Gasteiger partial charge >= 0.3 is 0 Å². The van der Waals surface area contributed by atoms with Gasteiger partial charge in [-0.2, -0.15) is 0 Å². The summed E-state index contributed by atoms with van der Waals surface area (Å²) >= 11 is 0. The average molecular weight is 241 g/mol. The summed E-state index contributed by atoms with van der Waals surface area (Å²) in [5.74, 6) is 0.771. The SMILES string of the molecule is CC(C)CNCCCCN1CCN(C)CC1C. The zero-order valence-electron chi connectivity index (χ0n) is 12.2. The molecule has 0 aromatic heterocycles. The Morgan fingerprint density at radius 1 is 1.24 bits per heavy atom. The lowest BCUT2D eigenvalue weighted by Gasteiger charge is -2.38. The summed E-state index contributed by atoms with van der Waals surface area (Å²) in [6.07, 6.45) is 2.64. The summed E-state index contributed by atoms with van der Waals surface area (Å²) in [5.41, 5.74) is 0. The Bertz CT molecular complexity index is 194. The van der Waals surface area contributed by atoms with E-state index in [2.05, 4.69) is 42.9 Å². The minimum atomic E-state index is 0.734. The van der Waals surface area contributed by atoms with Crippen molar-refractivity contribution in [1.82, 2.24) is 15.1 Å². The van der Waals surface area contributed by atoms with E-state index in [1.165, 1.54) is 45.6 Å². The number of nitrogens with one attached hydrogen (secondary N) is 1. The van der Waals surface area contributed by atoms with Crippen LogP contribution in [0.4, 0.5) is 0 Å². The predicted octanol–water partition coefficient (Wildman–Crippen LogP) is 1.65. The van der Waals surface area contributed by atoms with Crippen LogP contribution in [0.2, 0.25) is 0 Å². The molecule has 1 aliphatic heterocycles. The van der Waals surface area contributed by atoms with Crippen LogP contribution in [-0.4, -0.2) is 62.2 Å². The van der Waals surface area contributed by atoms with Gasteiger partial charge in [-0.05, 0) is 52.4 Å². The van der Waals surface area contributed by atoms with E-state index < -0.39 is 0 Å². The molecule has 1 unspecified atom stereocenters. The van der Waals surface area contributed by atoms with Crippen molar-refractivity contribution in [1.29, 1.82) is 0 Å². The average Bonchev–Trinajstić information content (AvgIpc) is 2.25. The van der Waals surface area contributed by atoms with Crippen molar-refractivity contribution in [3.8, 4) is 0 Å². The lowest BCUT2D eigenvalue weighted by atomic mass is 10.1. The number of rotatable bonds is 7. The molecule has 1 saturated heterocycles. The molecule has 0 aromatic rings. The fraction of sp³-hybridized carbons (Fsp3) is 1.00. The molecule has 102 valence electrons. The molecule has 0 aromatic carbocycles. The van der Waals surface area contributed by atoms with Crippen LogP contribution >= 0.6 is 0 Å². The van der Waals surface area contributed by atoms with E-state index in [1.54, 1.807) is 0 Å². The zero-order valence-corrected chi connectivity index (χ0v) is 12.2. The number of hydrogen-bond donors (Lipinski definition) is 1. The van der Waals surface area contributed by atoms with E-state index in [4.69, 9.17) is 0 Å². The molecule has 1 rings (SSSR count). The van der Waals surface area contributed by atoms with Crippen molar-refractivity contribution in [2.24, 2.45) is 5.92 Å². The van der Waals surface area contributed by atoms with Crippen LogP contribution in [0.3, 0.4) is 0 Å². The first-order valence-corrected chi connectivity index (χ1v) is 7.23. The van der Waals surface area contributed by atoms with Gasteiger partial charge in [0.1, 0.15) is 0 Å². The second-order valence-corrected chi connectivity index (χ2v) is 5.95. The van der Waals surface area contributed by atoms with Gasteiger partial charge in [-0.15, -0.1) is 0 Å². The van der Waals surface area contributed by atoms with Gasteiger partial charge in [-0.1, -0.05) is 13.8 Å². The maximum Gasteiger partial charge on any atom is 0.0195 e. The molecule has 1 fully saturated rings. The number of hydrogen-bond acceptors (Lipinski definition) is 3. The monoisotopic (exact) mass is 241 g/mol. The number of piperazine rings is 1. The van der Waals surface area contributed by atoms with Gasteiger partial charge in [0, 0.05) is 25.7 Å². The Morgan fingerprint density at radius 3 is 2.65 bits per heavy atom. The molecular formula is C14H31N3. The highest BCUT2D eigenvalue weighted by Gasteiger charge is 2.20. The van der Waals surface area contributed by atoms with Crippen LogP contribution in [0.25, 0.3) is 0 Å². The van der Waals surface area contributed by atoms with Crippen LogP contribution < -0.4 is 5.32 Å². The largest absolute Gasteiger partial charge is 0.316 e. The van der Waals surface area contributed by atoms with E-state index in [9.17, 15) is 0 Å². The normalized spacial score (nSPS) is 23.5. The maximum absolute atomic E-state index is 3.51. The summed E-state index contributed by atoms with van der Waals surface area (Å²) in [4.78, 5) is 5.08. The Hall–Kier alpha value is -0.120. The third kappa shape index (κ3) is 6.39. The van der Waals surface area contributed by atoms with Gasteiger partial charge in [0.25, 0.3) is 0 Å². The molecule has 1 heterocycles. The van der Waals surface area contributed by atoms with E-state index in [0.29, 0.717) is 0 Å². The standard InChI is InChI=1S/C14H31N3/c1-13(2)11-15-7-5-6-8-17-10-9-16(4)12-14(17)3/h13-15H,5-12H2,1-4H3. The molecule has 0 aliphatic carbocycles. The summed E-state index contributed by atoms with van der Waals surface area (Å²) in [6.45, 7) is 14.2. The van der Waals surface area contributed by atoms with Gasteiger partial charge in [0.15, 0.2) is 0 Å². The summed E-state index contributed by atoms with van der Waals surface area (Å²) in [6, 6.07) is 0.734. The van der Waals surface area contributed by atoms with E-state index in [-0.39, 0.29) is 0 Å². The smallest absolute Gasteiger partial charge is 0.0195 e. The number of likely N-dealkylation sites (N-methyl/N-ethyl adjacent to an activating group) is 1. The van der Waals surface area contributed by atoms with Crippen molar-refractivity contribution < 1.29 is 0 Å². The van der Waals surface area contributed by atoms with Gasteiger partial charge in [0.2, 0.25) is 0 Å². The minimum absolute atomic E-state index is 0.734. The van der Waals surface area contributed by atoms with E-state index in [0.717, 1.165) is 18.5 Å². The fourth-order valence-electron chi connectivity index (χ4n) is 2.47. The predicted molar refractivity (Wildman–Crippen MR) is 75.5 cm³/mol. The Labute approximate surface area is 108 Å². The van der Waals surface area contributed by atoms with Crippen LogP contribution in [0, 0.1) is 5.92 Å². The number of unbranched alkanes of at least 4 members (excludes halogenated alkanes) is 1. The molecule has 0 saturated carbocycles. The first-order chi connectivity index (χ1) is 8.09. The number of nitrogens with zero attached hydrogens (tertiary/aromatic N) is 2. The molecule has 0 spiro atoms. The van der Waals surface area contributed by atoms with Crippen molar-refractivity contribution in [3.63, 3.8) is 0 Å². The highest BCUT2D eigenvalue weighted by molar-refractivity contribution is 4.77. The van der Waals surface area contributed by atoms with Crippen LogP contribution in [-0.2, 0) is 0 Å². The van der Waals surface area contributed by atoms with Gasteiger partial charge in [-0.25, -0.2) is 0 Å². The van der Waals surface area contributed by atoms with Crippen molar-refractivity contribution in [3.05, 3.63) is 0 Å². The van der Waals surface area contributed by atoms with E-state index >= 15 is 0 Å². The van der Waals surface area contributed by atoms with Gasteiger partial charge in [0.05, 0.1) is 0 Å².